The molecule has 1 amide bonds. The van der Waals surface area contributed by atoms with Crippen LogP contribution in [0.5, 0.6) is 0 Å². The molecule has 7 heteroatoms. The van der Waals surface area contributed by atoms with Crippen molar-refractivity contribution < 1.29 is 13.2 Å². The molecule has 0 aliphatic heterocycles. The van der Waals surface area contributed by atoms with Gasteiger partial charge in [-0.1, -0.05) is 6.92 Å². The van der Waals surface area contributed by atoms with Gasteiger partial charge in [-0.15, -0.1) is 0 Å². The number of nitrogens with one attached hydrogen (secondary N) is 1. The summed E-state index contributed by atoms with van der Waals surface area (Å²) >= 11 is 0. The Labute approximate surface area is 94.7 Å². The number of nitrogens with zero attached hydrogens (tertiary/aromatic N) is 2. The number of hydrogen-bond acceptors (Lipinski definition) is 4. The molecule has 1 N–H and O–H groups in total. The zero-order valence-electron chi connectivity index (χ0n) is 9.47. The summed E-state index contributed by atoms with van der Waals surface area (Å²) in [4.78, 5) is 11.6. The van der Waals surface area contributed by atoms with E-state index < -0.39 is 21.2 Å². The van der Waals surface area contributed by atoms with Crippen molar-refractivity contribution in [3.63, 3.8) is 0 Å². The Morgan fingerprint density at radius 2 is 2.25 bits per heavy atom. The smallest absolute Gasteiger partial charge is 0.267 e. The van der Waals surface area contributed by atoms with Gasteiger partial charge in [-0.05, 0) is 13.3 Å². The Balaban J connectivity index is 2.79. The summed E-state index contributed by atoms with van der Waals surface area (Å²) in [5, 5.41) is 3.20. The minimum atomic E-state index is -3.59. The average molecular weight is 245 g/mol. The van der Waals surface area contributed by atoms with Crippen molar-refractivity contribution >= 4 is 15.9 Å². The summed E-state index contributed by atoms with van der Waals surface area (Å²) in [7, 11) is -1.93. The molecule has 1 unspecified atom stereocenters. The lowest BCUT2D eigenvalue weighted by molar-refractivity contribution is 0.0981. The van der Waals surface area contributed by atoms with Gasteiger partial charge < -0.3 is 0 Å². The molecule has 0 spiro atoms. The van der Waals surface area contributed by atoms with Crippen LogP contribution < -0.4 is 4.72 Å². The normalized spacial score (nSPS) is 13.4. The van der Waals surface area contributed by atoms with Gasteiger partial charge in [0.2, 0.25) is 10.0 Å². The second-order valence-corrected chi connectivity index (χ2v) is 5.70. The SMILES string of the molecule is CCC(C)S(=O)(=O)NC(=O)c1cnn(C)c1. The number of aromatic nitrogens is 2. The first-order valence-electron chi connectivity index (χ1n) is 4.91. The molecule has 1 heterocycles. The molecule has 1 rings (SSSR count). The van der Waals surface area contributed by atoms with Gasteiger partial charge in [0, 0.05) is 13.2 Å². The van der Waals surface area contributed by atoms with Crippen LogP contribution in [0.2, 0.25) is 0 Å². The molecule has 0 aromatic carbocycles. The highest BCUT2D eigenvalue weighted by atomic mass is 32.2. The molecular formula is C9H15N3O3S. The minimum absolute atomic E-state index is 0.231. The molecule has 0 saturated heterocycles. The second-order valence-electron chi connectivity index (χ2n) is 3.60. The number of hydrogen-bond donors (Lipinski definition) is 1. The van der Waals surface area contributed by atoms with E-state index in [4.69, 9.17) is 0 Å². The lowest BCUT2D eigenvalue weighted by Crippen LogP contribution is -2.36. The van der Waals surface area contributed by atoms with Crippen LogP contribution in [0.1, 0.15) is 30.6 Å². The molecule has 16 heavy (non-hydrogen) atoms. The van der Waals surface area contributed by atoms with Crippen molar-refractivity contribution in [2.45, 2.75) is 25.5 Å². The van der Waals surface area contributed by atoms with Crippen molar-refractivity contribution in [3.05, 3.63) is 18.0 Å². The third kappa shape index (κ3) is 2.82. The maximum absolute atomic E-state index is 11.6. The average Bonchev–Trinajstić information content (AvgIpc) is 2.63. The topological polar surface area (TPSA) is 81.1 Å². The second kappa shape index (κ2) is 4.65. The van der Waals surface area contributed by atoms with E-state index in [2.05, 4.69) is 5.10 Å². The zero-order valence-corrected chi connectivity index (χ0v) is 10.3. The fourth-order valence-electron chi connectivity index (χ4n) is 1.05. The van der Waals surface area contributed by atoms with Crippen molar-refractivity contribution in [1.29, 1.82) is 0 Å². The van der Waals surface area contributed by atoms with E-state index in [1.807, 2.05) is 4.72 Å². The number of carbonyl (C=O) groups excluding carboxylic acids is 1. The predicted octanol–water partition coefficient (Wildman–Crippen LogP) is 0.278. The van der Waals surface area contributed by atoms with E-state index in [-0.39, 0.29) is 5.56 Å². The third-order valence-corrected chi connectivity index (χ3v) is 4.17. The van der Waals surface area contributed by atoms with Crippen molar-refractivity contribution in [3.8, 4) is 0 Å². The lowest BCUT2D eigenvalue weighted by Gasteiger charge is -2.10. The van der Waals surface area contributed by atoms with E-state index in [0.29, 0.717) is 6.42 Å². The lowest BCUT2D eigenvalue weighted by atomic mass is 10.4. The summed E-state index contributed by atoms with van der Waals surface area (Å²) in [5.74, 6) is -0.645. The van der Waals surface area contributed by atoms with Gasteiger partial charge in [0.05, 0.1) is 17.0 Å². The van der Waals surface area contributed by atoms with E-state index in [1.165, 1.54) is 17.1 Å². The molecule has 0 aliphatic carbocycles. The minimum Gasteiger partial charge on any atom is -0.275 e. The Morgan fingerprint density at radius 3 is 2.69 bits per heavy atom. The third-order valence-electron chi connectivity index (χ3n) is 2.31. The summed E-state index contributed by atoms with van der Waals surface area (Å²) in [6.45, 7) is 3.30. The van der Waals surface area contributed by atoms with E-state index >= 15 is 0 Å². The van der Waals surface area contributed by atoms with Crippen LogP contribution in [0.4, 0.5) is 0 Å². The fraction of sp³-hybridized carbons (Fsp3) is 0.556. The Hall–Kier alpha value is -1.37. The van der Waals surface area contributed by atoms with E-state index in [9.17, 15) is 13.2 Å². The Morgan fingerprint density at radius 1 is 1.62 bits per heavy atom. The first-order chi connectivity index (χ1) is 7.36. The molecule has 0 fully saturated rings. The molecule has 6 nitrogen and oxygen atoms in total. The Kier molecular flexibility index (Phi) is 3.69. The quantitative estimate of drug-likeness (QED) is 0.826. The van der Waals surface area contributed by atoms with Gasteiger partial charge in [-0.2, -0.15) is 5.10 Å². The predicted molar refractivity (Wildman–Crippen MR) is 59.3 cm³/mol. The number of amides is 1. The molecule has 1 atom stereocenters. The van der Waals surface area contributed by atoms with Crippen molar-refractivity contribution in [2.24, 2.45) is 7.05 Å². The molecule has 1 aromatic rings. The highest BCUT2D eigenvalue weighted by Crippen LogP contribution is 2.04. The summed E-state index contributed by atoms with van der Waals surface area (Å²) in [6.07, 6.45) is 3.23. The summed E-state index contributed by atoms with van der Waals surface area (Å²) in [5.41, 5.74) is 0.231. The number of rotatable bonds is 4. The van der Waals surface area contributed by atoms with Gasteiger partial charge in [-0.3, -0.25) is 9.48 Å². The summed E-state index contributed by atoms with van der Waals surface area (Å²) < 4.78 is 26.6. The fourth-order valence-corrected chi connectivity index (χ4v) is 2.06. The van der Waals surface area contributed by atoms with Crippen LogP contribution in [-0.2, 0) is 17.1 Å². The van der Waals surface area contributed by atoms with Crippen LogP contribution in [0, 0.1) is 0 Å². The highest BCUT2D eigenvalue weighted by Gasteiger charge is 2.22. The molecule has 0 aliphatic rings. The molecular weight excluding hydrogens is 230 g/mol. The molecule has 0 bridgehead atoms. The van der Waals surface area contributed by atoms with Gasteiger partial charge >= 0.3 is 0 Å². The maximum Gasteiger partial charge on any atom is 0.267 e. The standard InChI is InChI=1S/C9H15N3O3S/c1-4-7(2)16(14,15)11-9(13)8-5-10-12(3)6-8/h5-7H,4H2,1-3H3,(H,11,13). The maximum atomic E-state index is 11.6. The monoisotopic (exact) mass is 245 g/mol. The Bertz CT molecular complexity index is 478. The number of sulfonamides is 1. The molecule has 0 saturated carbocycles. The number of aryl methyl sites for hydroxylation is 1. The van der Waals surface area contributed by atoms with Gasteiger partial charge in [-0.25, -0.2) is 13.1 Å². The largest absolute Gasteiger partial charge is 0.275 e. The van der Waals surface area contributed by atoms with Gasteiger partial charge in [0.1, 0.15) is 0 Å². The van der Waals surface area contributed by atoms with Crippen LogP contribution in [0.15, 0.2) is 12.4 Å². The first kappa shape index (κ1) is 12.7. The molecule has 0 radical (unpaired) electrons. The van der Waals surface area contributed by atoms with E-state index in [0.717, 1.165) is 0 Å². The van der Waals surface area contributed by atoms with Crippen LogP contribution in [0.25, 0.3) is 0 Å². The summed E-state index contributed by atoms with van der Waals surface area (Å²) in [6, 6.07) is 0. The molecule has 90 valence electrons. The highest BCUT2D eigenvalue weighted by molar-refractivity contribution is 7.90. The first-order valence-corrected chi connectivity index (χ1v) is 6.46. The van der Waals surface area contributed by atoms with Crippen LogP contribution in [-0.4, -0.2) is 29.4 Å². The van der Waals surface area contributed by atoms with Crippen molar-refractivity contribution in [1.82, 2.24) is 14.5 Å². The van der Waals surface area contributed by atoms with Gasteiger partial charge in [0.25, 0.3) is 5.91 Å². The van der Waals surface area contributed by atoms with Gasteiger partial charge in [0.15, 0.2) is 0 Å². The molecule has 1 aromatic heterocycles. The number of carbonyl (C=O) groups is 1. The van der Waals surface area contributed by atoms with Crippen molar-refractivity contribution in [2.75, 3.05) is 0 Å². The van der Waals surface area contributed by atoms with Crippen LogP contribution in [0.3, 0.4) is 0 Å². The van der Waals surface area contributed by atoms with E-state index in [1.54, 1.807) is 20.9 Å². The van der Waals surface area contributed by atoms with Crippen LogP contribution >= 0.6 is 0 Å². The zero-order chi connectivity index (χ0) is 12.3.